The van der Waals surface area contributed by atoms with Crippen molar-refractivity contribution in [3.05, 3.63) is 56.5 Å². The minimum Gasteiger partial charge on any atom is -0.315 e. The summed E-state index contributed by atoms with van der Waals surface area (Å²) >= 11 is 15.4. The van der Waals surface area contributed by atoms with Crippen LogP contribution in [-0.4, -0.2) is 20.8 Å². The summed E-state index contributed by atoms with van der Waals surface area (Å²) in [5.41, 5.74) is 2.25. The number of hydrogen-bond acceptors (Lipinski definition) is 3. The normalized spacial score (nSPS) is 11.0. The molecule has 2 heterocycles. The number of carbonyl (C=O) groups is 1. The Morgan fingerprint density at radius 1 is 1.24 bits per heavy atom. The summed E-state index contributed by atoms with van der Waals surface area (Å²) in [4.78, 5) is 19.0. The predicted molar refractivity (Wildman–Crippen MR) is 86.2 cm³/mol. The summed E-state index contributed by atoms with van der Waals surface area (Å²) in [6.45, 7) is 0.537. The first-order chi connectivity index (χ1) is 10.1. The van der Waals surface area contributed by atoms with Crippen LogP contribution in [0.5, 0.6) is 0 Å². The van der Waals surface area contributed by atoms with E-state index in [1.54, 1.807) is 6.07 Å². The van der Waals surface area contributed by atoms with Gasteiger partial charge in [0.25, 0.3) is 0 Å². The van der Waals surface area contributed by atoms with E-state index < -0.39 is 0 Å². The van der Waals surface area contributed by atoms with Gasteiger partial charge in [0.1, 0.15) is 17.1 Å². The third-order valence-electron chi connectivity index (χ3n) is 3.06. The Balaban J connectivity index is 2.11. The number of fused-ring (bicyclic) bond motifs is 1. The SMILES string of the molecule is O=Cc1cccc(Cn2c(Br)cc3c(Cl)nc(Cl)nc32)c1. The standard InChI is InChI=1S/C14H8BrCl2N3O/c15-11-5-10-12(16)18-14(17)19-13(10)20(11)6-8-2-1-3-9(4-8)7-21/h1-5,7H,6H2. The zero-order chi connectivity index (χ0) is 15.0. The van der Waals surface area contributed by atoms with Crippen LogP contribution in [0.1, 0.15) is 15.9 Å². The zero-order valence-electron chi connectivity index (χ0n) is 10.6. The van der Waals surface area contributed by atoms with E-state index in [4.69, 9.17) is 23.2 Å². The van der Waals surface area contributed by atoms with Gasteiger partial charge in [-0.25, -0.2) is 4.98 Å². The van der Waals surface area contributed by atoms with Crippen LogP contribution in [0.15, 0.2) is 34.9 Å². The first-order valence-corrected chi connectivity index (χ1v) is 7.55. The molecule has 21 heavy (non-hydrogen) atoms. The Labute approximate surface area is 138 Å². The lowest BCUT2D eigenvalue weighted by molar-refractivity contribution is 0.112. The highest BCUT2D eigenvalue weighted by molar-refractivity contribution is 9.10. The minimum absolute atomic E-state index is 0.0981. The number of halogens is 3. The van der Waals surface area contributed by atoms with Gasteiger partial charge in [0, 0.05) is 5.56 Å². The number of benzene rings is 1. The van der Waals surface area contributed by atoms with Gasteiger partial charge in [-0.15, -0.1) is 0 Å². The van der Waals surface area contributed by atoms with Crippen LogP contribution < -0.4 is 0 Å². The molecule has 0 aliphatic rings. The molecule has 0 aliphatic carbocycles. The fraction of sp³-hybridized carbons (Fsp3) is 0.0714. The van der Waals surface area contributed by atoms with Gasteiger partial charge in [0.05, 0.1) is 16.5 Å². The molecule has 106 valence electrons. The van der Waals surface area contributed by atoms with Crippen molar-refractivity contribution < 1.29 is 4.79 Å². The van der Waals surface area contributed by atoms with Crippen LogP contribution in [0.4, 0.5) is 0 Å². The number of hydrogen-bond donors (Lipinski definition) is 0. The number of rotatable bonds is 3. The molecule has 0 saturated carbocycles. The fourth-order valence-corrected chi connectivity index (χ4v) is 3.08. The van der Waals surface area contributed by atoms with Gasteiger partial charge in [-0.05, 0) is 45.2 Å². The summed E-state index contributed by atoms with van der Waals surface area (Å²) in [6, 6.07) is 9.21. The molecule has 0 unspecified atom stereocenters. The second kappa shape index (κ2) is 5.75. The molecule has 0 saturated heterocycles. The van der Waals surface area contributed by atoms with Crippen molar-refractivity contribution in [1.82, 2.24) is 14.5 Å². The molecule has 0 amide bonds. The van der Waals surface area contributed by atoms with E-state index in [0.717, 1.165) is 21.8 Å². The lowest BCUT2D eigenvalue weighted by Gasteiger charge is -2.07. The van der Waals surface area contributed by atoms with E-state index in [1.165, 1.54) is 0 Å². The van der Waals surface area contributed by atoms with Crippen molar-refractivity contribution >= 4 is 56.5 Å². The third kappa shape index (κ3) is 2.81. The predicted octanol–water partition coefficient (Wildman–Crippen LogP) is 4.36. The molecule has 3 rings (SSSR count). The van der Waals surface area contributed by atoms with E-state index in [0.29, 0.717) is 22.9 Å². The second-order valence-electron chi connectivity index (χ2n) is 4.44. The highest BCUT2D eigenvalue weighted by Gasteiger charge is 2.13. The quantitative estimate of drug-likeness (QED) is 0.383. The van der Waals surface area contributed by atoms with Gasteiger partial charge >= 0.3 is 0 Å². The second-order valence-corrected chi connectivity index (χ2v) is 5.95. The van der Waals surface area contributed by atoms with Crippen molar-refractivity contribution in [2.45, 2.75) is 6.54 Å². The Bertz CT molecular complexity index is 848. The Kier molecular flexibility index (Phi) is 3.97. The molecular weight excluding hydrogens is 377 g/mol. The van der Waals surface area contributed by atoms with E-state index in [-0.39, 0.29) is 5.28 Å². The van der Waals surface area contributed by atoms with Crippen molar-refractivity contribution in [2.75, 3.05) is 0 Å². The van der Waals surface area contributed by atoms with Crippen LogP contribution in [0.2, 0.25) is 10.4 Å². The van der Waals surface area contributed by atoms with Gasteiger partial charge in [-0.3, -0.25) is 4.79 Å². The van der Waals surface area contributed by atoms with Crippen molar-refractivity contribution in [3.63, 3.8) is 0 Å². The summed E-state index contributed by atoms with van der Waals surface area (Å²) in [6.07, 6.45) is 0.822. The Hall–Kier alpha value is -1.43. The highest BCUT2D eigenvalue weighted by Crippen LogP contribution is 2.29. The maximum Gasteiger partial charge on any atom is 0.225 e. The molecule has 3 aromatic rings. The molecule has 0 bridgehead atoms. The monoisotopic (exact) mass is 383 g/mol. The number of aromatic nitrogens is 3. The molecule has 0 aliphatic heterocycles. The number of nitrogens with zero attached hydrogens (tertiary/aromatic N) is 3. The van der Waals surface area contributed by atoms with Gasteiger partial charge in [0.15, 0.2) is 0 Å². The first kappa shape index (κ1) is 14.5. The Morgan fingerprint density at radius 2 is 2.05 bits per heavy atom. The van der Waals surface area contributed by atoms with Crippen LogP contribution in [0.3, 0.4) is 0 Å². The molecule has 0 atom stereocenters. The average Bonchev–Trinajstić information content (AvgIpc) is 2.77. The number of carbonyl (C=O) groups excluding carboxylic acids is 1. The maximum absolute atomic E-state index is 10.9. The molecule has 7 heteroatoms. The van der Waals surface area contributed by atoms with Gasteiger partial charge in [-0.1, -0.05) is 29.8 Å². The van der Waals surface area contributed by atoms with E-state index in [2.05, 4.69) is 25.9 Å². The fourth-order valence-electron chi connectivity index (χ4n) is 2.13. The lowest BCUT2D eigenvalue weighted by Crippen LogP contribution is -2.02. The van der Waals surface area contributed by atoms with Gasteiger partial charge in [-0.2, -0.15) is 4.98 Å². The van der Waals surface area contributed by atoms with Crippen LogP contribution in [0.25, 0.3) is 11.0 Å². The minimum atomic E-state index is 0.0981. The number of aldehydes is 1. The van der Waals surface area contributed by atoms with Crippen molar-refractivity contribution in [2.24, 2.45) is 0 Å². The average molecular weight is 385 g/mol. The van der Waals surface area contributed by atoms with E-state index in [1.807, 2.05) is 28.8 Å². The van der Waals surface area contributed by atoms with Crippen molar-refractivity contribution in [1.29, 1.82) is 0 Å². The molecule has 0 fully saturated rings. The van der Waals surface area contributed by atoms with Crippen LogP contribution in [0, 0.1) is 0 Å². The molecule has 0 N–H and O–H groups in total. The molecule has 2 aromatic heterocycles. The highest BCUT2D eigenvalue weighted by atomic mass is 79.9. The maximum atomic E-state index is 10.9. The zero-order valence-corrected chi connectivity index (χ0v) is 13.7. The van der Waals surface area contributed by atoms with Gasteiger partial charge < -0.3 is 4.57 Å². The molecule has 0 spiro atoms. The van der Waals surface area contributed by atoms with E-state index in [9.17, 15) is 4.79 Å². The Morgan fingerprint density at radius 3 is 2.81 bits per heavy atom. The molecule has 1 aromatic carbocycles. The lowest BCUT2D eigenvalue weighted by atomic mass is 10.1. The van der Waals surface area contributed by atoms with Crippen LogP contribution in [-0.2, 0) is 6.54 Å². The summed E-state index contributed by atoms with van der Waals surface area (Å²) in [5, 5.41) is 1.13. The summed E-state index contributed by atoms with van der Waals surface area (Å²) < 4.78 is 2.73. The van der Waals surface area contributed by atoms with E-state index >= 15 is 0 Å². The molecule has 0 radical (unpaired) electrons. The smallest absolute Gasteiger partial charge is 0.225 e. The summed E-state index contributed by atoms with van der Waals surface area (Å²) in [5.74, 6) is 0. The topological polar surface area (TPSA) is 47.8 Å². The summed E-state index contributed by atoms with van der Waals surface area (Å²) in [7, 11) is 0. The van der Waals surface area contributed by atoms with Gasteiger partial charge in [0.2, 0.25) is 5.28 Å². The first-order valence-electron chi connectivity index (χ1n) is 6.00. The van der Waals surface area contributed by atoms with Crippen LogP contribution >= 0.6 is 39.1 Å². The largest absolute Gasteiger partial charge is 0.315 e. The van der Waals surface area contributed by atoms with Crippen molar-refractivity contribution in [3.8, 4) is 0 Å². The molecule has 4 nitrogen and oxygen atoms in total. The molecular formula is C14H8BrCl2N3O. The third-order valence-corrected chi connectivity index (χ3v) is 4.17.